The number of carboxylic acids is 1. The normalized spacial score (nSPS) is 10.0. The molecule has 6 heteroatoms. The Morgan fingerprint density at radius 1 is 1.54 bits per heavy atom. The van der Waals surface area contributed by atoms with Gasteiger partial charge in [-0.25, -0.2) is 0 Å². The Morgan fingerprint density at radius 3 is 2.69 bits per heavy atom. The summed E-state index contributed by atoms with van der Waals surface area (Å²) in [5.41, 5.74) is -0.261. The first-order valence-corrected chi connectivity index (χ1v) is 5.43. The van der Waals surface area contributed by atoms with Crippen molar-refractivity contribution >= 4 is 51.2 Å². The third-order valence-corrected chi connectivity index (χ3v) is 2.68. The van der Waals surface area contributed by atoms with E-state index in [-0.39, 0.29) is 12.1 Å². The topological polar surface area (TPSA) is 59.3 Å². The summed E-state index contributed by atoms with van der Waals surface area (Å²) in [6.45, 7) is -0.286. The van der Waals surface area contributed by atoms with Crippen LogP contribution in [0.4, 0.5) is 0 Å². The quantitative estimate of drug-likeness (QED) is 0.752. The van der Waals surface area contributed by atoms with Crippen LogP contribution < -0.4 is 5.56 Å². The van der Waals surface area contributed by atoms with Crippen LogP contribution in [0.15, 0.2) is 17.1 Å². The second-order valence-corrected chi connectivity index (χ2v) is 4.74. The van der Waals surface area contributed by atoms with Gasteiger partial charge in [0.2, 0.25) is 0 Å². The van der Waals surface area contributed by atoms with Gasteiger partial charge in [-0.2, -0.15) is 0 Å². The fourth-order valence-corrected chi connectivity index (χ4v) is 2.72. The molecule has 0 saturated heterocycles. The van der Waals surface area contributed by atoms with E-state index in [9.17, 15) is 9.59 Å². The number of carbonyl (C=O) groups is 1. The summed E-state index contributed by atoms with van der Waals surface area (Å²) < 4.78 is 2.57. The van der Waals surface area contributed by atoms with Crippen molar-refractivity contribution in [2.45, 2.75) is 6.54 Å². The van der Waals surface area contributed by atoms with Gasteiger partial charge in [0, 0.05) is 9.77 Å². The molecule has 0 aliphatic carbocycles. The maximum Gasteiger partial charge on any atom is 0.323 e. The number of hydrogen-bond acceptors (Lipinski definition) is 2. The second-order valence-electron chi connectivity index (χ2n) is 2.33. The van der Waals surface area contributed by atoms with E-state index in [1.807, 2.05) is 45.2 Å². The summed E-state index contributed by atoms with van der Waals surface area (Å²) in [7, 11) is 0. The highest BCUT2D eigenvalue weighted by atomic mass is 127. The second kappa shape index (κ2) is 4.40. The predicted octanol–water partition coefficient (Wildman–Crippen LogP) is 1.14. The van der Waals surface area contributed by atoms with Crippen LogP contribution in [0.2, 0.25) is 0 Å². The molecule has 4 nitrogen and oxygen atoms in total. The maximum absolute atomic E-state index is 11.3. The Bertz CT molecular complexity index is 399. The monoisotopic (exact) mass is 405 g/mol. The summed E-state index contributed by atoms with van der Waals surface area (Å²) in [6.07, 6.45) is 1.53. The minimum atomic E-state index is -1.01. The third-order valence-electron chi connectivity index (χ3n) is 1.31. The van der Waals surface area contributed by atoms with Crippen LogP contribution in [-0.2, 0) is 11.3 Å². The van der Waals surface area contributed by atoms with Crippen LogP contribution >= 0.6 is 45.2 Å². The Balaban J connectivity index is 3.21. The SMILES string of the molecule is O=C(O)Cn1cc(I)cc(I)c1=O. The first-order valence-electron chi connectivity index (χ1n) is 3.28. The van der Waals surface area contributed by atoms with Crippen LogP contribution in [0.1, 0.15) is 0 Å². The Kier molecular flexibility index (Phi) is 3.71. The van der Waals surface area contributed by atoms with Gasteiger partial charge in [-0.05, 0) is 51.2 Å². The predicted molar refractivity (Wildman–Crippen MR) is 63.8 cm³/mol. The lowest BCUT2D eigenvalue weighted by atomic mass is 10.4. The lowest BCUT2D eigenvalue weighted by Crippen LogP contribution is -2.25. The molecule has 0 aromatic carbocycles. The average molecular weight is 405 g/mol. The Morgan fingerprint density at radius 2 is 2.15 bits per heavy atom. The summed E-state index contributed by atoms with van der Waals surface area (Å²) in [6, 6.07) is 1.71. The summed E-state index contributed by atoms with van der Waals surface area (Å²) >= 11 is 3.93. The van der Waals surface area contributed by atoms with Crippen LogP contribution in [-0.4, -0.2) is 15.6 Å². The van der Waals surface area contributed by atoms with E-state index in [1.165, 1.54) is 10.8 Å². The molecule has 1 heterocycles. The zero-order chi connectivity index (χ0) is 10.0. The molecule has 0 radical (unpaired) electrons. The van der Waals surface area contributed by atoms with Crippen molar-refractivity contribution < 1.29 is 9.90 Å². The summed E-state index contributed by atoms with van der Waals surface area (Å²) in [4.78, 5) is 21.7. The fraction of sp³-hybridized carbons (Fsp3) is 0.143. The number of halogens is 2. The molecule has 0 unspecified atom stereocenters. The minimum Gasteiger partial charge on any atom is -0.480 e. The Labute approximate surface area is 101 Å². The molecule has 70 valence electrons. The number of aliphatic carboxylic acids is 1. The molecule has 1 aromatic rings. The highest BCUT2D eigenvalue weighted by molar-refractivity contribution is 14.1. The molecule has 0 amide bonds. The highest BCUT2D eigenvalue weighted by Gasteiger charge is 2.05. The van der Waals surface area contributed by atoms with Crippen LogP contribution in [0.25, 0.3) is 0 Å². The van der Waals surface area contributed by atoms with Gasteiger partial charge in [-0.15, -0.1) is 0 Å². The molecule has 13 heavy (non-hydrogen) atoms. The Hall–Kier alpha value is -0.120. The average Bonchev–Trinajstić information content (AvgIpc) is 1.98. The molecule has 0 saturated carbocycles. The molecular weight excluding hydrogens is 400 g/mol. The third kappa shape index (κ3) is 2.93. The van der Waals surface area contributed by atoms with Gasteiger partial charge in [0.25, 0.3) is 5.56 Å². The molecule has 1 rings (SSSR count). The maximum atomic E-state index is 11.3. The number of nitrogens with zero attached hydrogens (tertiary/aromatic N) is 1. The standard InChI is InChI=1S/C7H5I2NO3/c8-4-1-5(9)7(13)10(2-4)3-6(11)12/h1-2H,3H2,(H,11,12). The van der Waals surface area contributed by atoms with E-state index in [4.69, 9.17) is 5.11 Å². The lowest BCUT2D eigenvalue weighted by molar-refractivity contribution is -0.137. The van der Waals surface area contributed by atoms with Gasteiger partial charge in [0.1, 0.15) is 6.54 Å². The van der Waals surface area contributed by atoms with Crippen molar-refractivity contribution in [1.82, 2.24) is 4.57 Å². The number of rotatable bonds is 2. The van der Waals surface area contributed by atoms with Gasteiger partial charge >= 0.3 is 5.97 Å². The molecule has 1 aromatic heterocycles. The molecule has 0 spiro atoms. The van der Waals surface area contributed by atoms with Crippen LogP contribution in [0.3, 0.4) is 0 Å². The zero-order valence-electron chi connectivity index (χ0n) is 6.33. The van der Waals surface area contributed by atoms with Crippen molar-refractivity contribution in [3.8, 4) is 0 Å². The van der Waals surface area contributed by atoms with E-state index in [0.29, 0.717) is 3.57 Å². The lowest BCUT2D eigenvalue weighted by Gasteiger charge is -2.02. The largest absolute Gasteiger partial charge is 0.480 e. The van der Waals surface area contributed by atoms with E-state index < -0.39 is 5.97 Å². The smallest absolute Gasteiger partial charge is 0.323 e. The zero-order valence-corrected chi connectivity index (χ0v) is 10.6. The van der Waals surface area contributed by atoms with Crippen molar-refractivity contribution in [2.75, 3.05) is 0 Å². The van der Waals surface area contributed by atoms with Gasteiger partial charge in [0.05, 0.1) is 3.57 Å². The van der Waals surface area contributed by atoms with Crippen LogP contribution in [0, 0.1) is 7.14 Å². The van der Waals surface area contributed by atoms with Gasteiger partial charge in [-0.3, -0.25) is 9.59 Å². The molecular formula is C7H5I2NO3. The number of hydrogen-bond donors (Lipinski definition) is 1. The molecule has 0 aliphatic rings. The molecule has 0 bridgehead atoms. The first-order chi connectivity index (χ1) is 6.00. The molecule has 1 N–H and O–H groups in total. The van der Waals surface area contributed by atoms with Gasteiger partial charge in [0.15, 0.2) is 0 Å². The van der Waals surface area contributed by atoms with E-state index in [1.54, 1.807) is 6.07 Å². The fourth-order valence-electron chi connectivity index (χ4n) is 0.828. The van der Waals surface area contributed by atoms with E-state index >= 15 is 0 Å². The highest BCUT2D eigenvalue weighted by Crippen LogP contribution is 2.05. The van der Waals surface area contributed by atoms with Crippen molar-refractivity contribution in [2.24, 2.45) is 0 Å². The molecule has 0 fully saturated rings. The number of carboxylic acid groups (broad SMARTS) is 1. The van der Waals surface area contributed by atoms with Gasteiger partial charge < -0.3 is 9.67 Å². The van der Waals surface area contributed by atoms with Crippen molar-refractivity contribution in [3.63, 3.8) is 0 Å². The first kappa shape index (κ1) is 11.0. The minimum absolute atomic E-state index is 0.261. The van der Waals surface area contributed by atoms with E-state index in [0.717, 1.165) is 3.57 Å². The number of pyridine rings is 1. The summed E-state index contributed by atoms with van der Waals surface area (Å²) in [5.74, 6) is -1.01. The molecule has 0 aliphatic heterocycles. The van der Waals surface area contributed by atoms with Gasteiger partial charge in [-0.1, -0.05) is 0 Å². The molecule has 0 atom stereocenters. The van der Waals surface area contributed by atoms with Crippen molar-refractivity contribution in [1.29, 1.82) is 0 Å². The number of aromatic nitrogens is 1. The van der Waals surface area contributed by atoms with Crippen molar-refractivity contribution in [3.05, 3.63) is 29.8 Å². The van der Waals surface area contributed by atoms with Crippen LogP contribution in [0.5, 0.6) is 0 Å². The van der Waals surface area contributed by atoms with E-state index in [2.05, 4.69) is 0 Å². The summed E-state index contributed by atoms with van der Waals surface area (Å²) in [5, 5.41) is 8.51.